The molecule has 0 heterocycles. The summed E-state index contributed by atoms with van der Waals surface area (Å²) in [6.45, 7) is 2.98. The van der Waals surface area contributed by atoms with Crippen LogP contribution in [0.1, 0.15) is 18.1 Å². The maximum atomic E-state index is 12.0. The summed E-state index contributed by atoms with van der Waals surface area (Å²) in [6, 6.07) is 5.54. The van der Waals surface area contributed by atoms with Crippen molar-refractivity contribution >= 4 is 21.7 Å². The highest BCUT2D eigenvalue weighted by Gasteiger charge is 2.26. The van der Waals surface area contributed by atoms with Crippen LogP contribution >= 0.6 is 0 Å². The van der Waals surface area contributed by atoms with Gasteiger partial charge in [-0.2, -0.15) is 0 Å². The third-order valence-electron chi connectivity index (χ3n) is 2.57. The van der Waals surface area contributed by atoms with Gasteiger partial charge in [-0.3, -0.25) is 4.79 Å². The van der Waals surface area contributed by atoms with Crippen molar-refractivity contribution in [2.24, 2.45) is 0 Å². The van der Waals surface area contributed by atoms with Crippen molar-refractivity contribution in [2.45, 2.75) is 25.6 Å². The average Bonchev–Trinajstić information content (AvgIpc) is 2.26. The first-order valence-corrected chi connectivity index (χ1v) is 7.77. The van der Waals surface area contributed by atoms with Crippen LogP contribution in [0.3, 0.4) is 0 Å². The van der Waals surface area contributed by atoms with Gasteiger partial charge in [-0.15, -0.1) is 0 Å². The van der Waals surface area contributed by atoms with Gasteiger partial charge in [0.15, 0.2) is 9.84 Å². The second kappa shape index (κ2) is 6.51. The summed E-state index contributed by atoms with van der Waals surface area (Å²) in [6.07, 6.45) is 0. The number of sulfone groups is 1. The van der Waals surface area contributed by atoms with Gasteiger partial charge in [0.05, 0.1) is 11.5 Å². The topological polar surface area (TPSA) is 101 Å². The highest BCUT2D eigenvalue weighted by Crippen LogP contribution is 2.10. The number of carbonyl (C=O) groups excluding carboxylic acids is 1. The van der Waals surface area contributed by atoms with E-state index in [0.717, 1.165) is 12.5 Å². The molecule has 0 radical (unpaired) electrons. The molecular formula is C13H17NO5S. The van der Waals surface area contributed by atoms with Crippen molar-refractivity contribution in [1.29, 1.82) is 0 Å². The summed E-state index contributed by atoms with van der Waals surface area (Å²) in [5.74, 6) is -2.83. The van der Waals surface area contributed by atoms with Gasteiger partial charge in [-0.1, -0.05) is 29.8 Å². The molecule has 0 aliphatic carbocycles. The Kier molecular flexibility index (Phi) is 5.26. The van der Waals surface area contributed by atoms with Gasteiger partial charge in [0, 0.05) is 6.92 Å². The zero-order valence-electron chi connectivity index (χ0n) is 11.3. The minimum absolute atomic E-state index is 0.252. The second-order valence-corrected chi connectivity index (χ2v) is 6.74. The number of amides is 1. The summed E-state index contributed by atoms with van der Waals surface area (Å²) < 4.78 is 24.0. The maximum absolute atomic E-state index is 12.0. The predicted molar refractivity (Wildman–Crippen MR) is 73.9 cm³/mol. The van der Waals surface area contributed by atoms with E-state index in [2.05, 4.69) is 5.32 Å². The van der Waals surface area contributed by atoms with Crippen LogP contribution in [0.5, 0.6) is 0 Å². The van der Waals surface area contributed by atoms with Crippen LogP contribution in [0.15, 0.2) is 24.3 Å². The van der Waals surface area contributed by atoms with Crippen LogP contribution in [-0.4, -0.2) is 37.2 Å². The molecule has 110 valence electrons. The SMILES string of the molecule is CC(=O)N[C@@H](CS(=O)(=O)Cc1cccc(C)c1)C(=O)O. The molecule has 0 unspecified atom stereocenters. The lowest BCUT2D eigenvalue weighted by atomic mass is 10.2. The summed E-state index contributed by atoms with van der Waals surface area (Å²) in [4.78, 5) is 21.8. The molecule has 6 nitrogen and oxygen atoms in total. The molecule has 7 heteroatoms. The molecule has 0 saturated heterocycles. The lowest BCUT2D eigenvalue weighted by molar-refractivity contribution is -0.140. The van der Waals surface area contributed by atoms with Gasteiger partial charge in [-0.25, -0.2) is 13.2 Å². The highest BCUT2D eigenvalue weighted by molar-refractivity contribution is 7.90. The molecule has 0 spiro atoms. The molecule has 0 aliphatic rings. The smallest absolute Gasteiger partial charge is 0.327 e. The lowest BCUT2D eigenvalue weighted by Gasteiger charge is -2.13. The van der Waals surface area contributed by atoms with Crippen molar-refractivity contribution in [3.8, 4) is 0 Å². The number of aliphatic carboxylic acids is 1. The molecule has 0 bridgehead atoms. The number of benzene rings is 1. The van der Waals surface area contributed by atoms with Gasteiger partial charge in [-0.05, 0) is 12.5 Å². The highest BCUT2D eigenvalue weighted by atomic mass is 32.2. The summed E-state index contributed by atoms with van der Waals surface area (Å²) >= 11 is 0. The fraction of sp³-hybridized carbons (Fsp3) is 0.385. The summed E-state index contributed by atoms with van der Waals surface area (Å²) in [5.41, 5.74) is 1.52. The zero-order chi connectivity index (χ0) is 15.3. The van der Waals surface area contributed by atoms with Crippen molar-refractivity contribution in [1.82, 2.24) is 5.32 Å². The number of carbonyl (C=O) groups is 2. The number of carboxylic acid groups (broad SMARTS) is 1. The van der Waals surface area contributed by atoms with E-state index >= 15 is 0 Å². The van der Waals surface area contributed by atoms with Gasteiger partial charge < -0.3 is 10.4 Å². The molecule has 0 aliphatic heterocycles. The number of hydrogen-bond acceptors (Lipinski definition) is 4. The van der Waals surface area contributed by atoms with Gasteiger partial charge in [0.1, 0.15) is 6.04 Å². The Labute approximate surface area is 117 Å². The summed E-state index contributed by atoms with van der Waals surface area (Å²) in [7, 11) is -3.64. The molecule has 20 heavy (non-hydrogen) atoms. The van der Waals surface area contributed by atoms with E-state index in [4.69, 9.17) is 5.11 Å². The first-order valence-electron chi connectivity index (χ1n) is 5.95. The van der Waals surface area contributed by atoms with Crippen LogP contribution < -0.4 is 5.32 Å². The van der Waals surface area contributed by atoms with E-state index in [1.165, 1.54) is 0 Å². The molecule has 1 aromatic carbocycles. The van der Waals surface area contributed by atoms with Crippen LogP contribution in [-0.2, 0) is 25.2 Å². The molecular weight excluding hydrogens is 282 g/mol. The van der Waals surface area contributed by atoms with Gasteiger partial charge >= 0.3 is 5.97 Å². The number of nitrogens with one attached hydrogen (secondary N) is 1. The molecule has 1 atom stereocenters. The number of carboxylic acids is 1. The van der Waals surface area contributed by atoms with Crippen LogP contribution in [0.2, 0.25) is 0 Å². The standard InChI is InChI=1S/C13H17NO5S/c1-9-4-3-5-11(6-9)7-20(18,19)8-12(13(16)17)14-10(2)15/h3-6,12H,7-8H2,1-2H3,(H,14,15)(H,16,17)/t12-/m0/s1. The maximum Gasteiger partial charge on any atom is 0.327 e. The minimum Gasteiger partial charge on any atom is -0.480 e. The lowest BCUT2D eigenvalue weighted by Crippen LogP contribution is -2.44. The quantitative estimate of drug-likeness (QED) is 0.796. The largest absolute Gasteiger partial charge is 0.480 e. The first-order chi connectivity index (χ1) is 9.19. The van der Waals surface area contributed by atoms with Crippen LogP contribution in [0.25, 0.3) is 0 Å². The van der Waals surface area contributed by atoms with Crippen molar-refractivity contribution < 1.29 is 23.1 Å². The average molecular weight is 299 g/mol. The fourth-order valence-corrected chi connectivity index (χ4v) is 3.33. The molecule has 0 fully saturated rings. The van der Waals surface area contributed by atoms with E-state index in [-0.39, 0.29) is 5.75 Å². The fourth-order valence-electron chi connectivity index (χ4n) is 1.79. The van der Waals surface area contributed by atoms with Crippen molar-refractivity contribution in [2.75, 3.05) is 5.75 Å². The van der Waals surface area contributed by atoms with Gasteiger partial charge in [0.25, 0.3) is 0 Å². The number of aryl methyl sites for hydroxylation is 1. The molecule has 0 saturated carbocycles. The Morgan fingerprint density at radius 2 is 2.00 bits per heavy atom. The van der Waals surface area contributed by atoms with E-state index in [1.807, 2.05) is 13.0 Å². The molecule has 1 aromatic rings. The van der Waals surface area contributed by atoms with Crippen LogP contribution in [0.4, 0.5) is 0 Å². The Bertz CT molecular complexity index is 609. The predicted octanol–water partition coefficient (Wildman–Crippen LogP) is 0.499. The zero-order valence-corrected chi connectivity index (χ0v) is 12.1. The van der Waals surface area contributed by atoms with E-state index in [9.17, 15) is 18.0 Å². The molecule has 2 N–H and O–H groups in total. The second-order valence-electron chi connectivity index (χ2n) is 4.63. The Hall–Kier alpha value is -1.89. The molecule has 1 amide bonds. The normalized spacial score (nSPS) is 12.7. The summed E-state index contributed by atoms with van der Waals surface area (Å²) in [5, 5.41) is 11.0. The van der Waals surface area contributed by atoms with E-state index < -0.39 is 33.5 Å². The van der Waals surface area contributed by atoms with Gasteiger partial charge in [0.2, 0.25) is 5.91 Å². The number of rotatable bonds is 6. The minimum atomic E-state index is -3.64. The van der Waals surface area contributed by atoms with Crippen molar-refractivity contribution in [3.05, 3.63) is 35.4 Å². The Morgan fingerprint density at radius 3 is 2.50 bits per heavy atom. The third-order valence-corrected chi connectivity index (χ3v) is 4.18. The van der Waals surface area contributed by atoms with E-state index in [0.29, 0.717) is 5.56 Å². The number of hydrogen-bond donors (Lipinski definition) is 2. The molecule has 1 rings (SSSR count). The molecule has 0 aromatic heterocycles. The Morgan fingerprint density at radius 1 is 1.35 bits per heavy atom. The monoisotopic (exact) mass is 299 g/mol. The van der Waals surface area contributed by atoms with E-state index in [1.54, 1.807) is 18.2 Å². The van der Waals surface area contributed by atoms with Crippen molar-refractivity contribution in [3.63, 3.8) is 0 Å². The third kappa shape index (κ3) is 5.40. The van der Waals surface area contributed by atoms with Crippen LogP contribution in [0, 0.1) is 6.92 Å². The Balaban J connectivity index is 2.82. The first kappa shape index (κ1) is 16.2.